The highest BCUT2D eigenvalue weighted by atomic mass is 16.7. The SMILES string of the molecule is COC(=O)Oc1c(C)nc(C)c(OC(=O)OCCO)c1-c1ccccc1OC. The molecule has 0 spiro atoms. The molecule has 2 rings (SSSR count). The summed E-state index contributed by atoms with van der Waals surface area (Å²) in [4.78, 5) is 28.0. The van der Waals surface area contributed by atoms with Gasteiger partial charge >= 0.3 is 12.3 Å². The minimum Gasteiger partial charge on any atom is -0.496 e. The number of carbonyl (C=O) groups is 2. The number of ether oxygens (including phenoxy) is 5. The maximum absolute atomic E-state index is 12.0. The van der Waals surface area contributed by atoms with E-state index in [-0.39, 0.29) is 30.3 Å². The van der Waals surface area contributed by atoms with Crippen molar-refractivity contribution in [3.05, 3.63) is 35.7 Å². The molecule has 0 atom stereocenters. The van der Waals surface area contributed by atoms with E-state index >= 15 is 0 Å². The number of hydrogen-bond acceptors (Lipinski definition) is 9. The Morgan fingerprint density at radius 2 is 1.61 bits per heavy atom. The Morgan fingerprint density at radius 1 is 1.00 bits per heavy atom. The van der Waals surface area contributed by atoms with Gasteiger partial charge in [0.15, 0.2) is 11.5 Å². The van der Waals surface area contributed by atoms with Gasteiger partial charge in [0.2, 0.25) is 0 Å². The van der Waals surface area contributed by atoms with Gasteiger partial charge in [-0.2, -0.15) is 0 Å². The van der Waals surface area contributed by atoms with E-state index in [1.165, 1.54) is 14.2 Å². The molecule has 0 saturated carbocycles. The summed E-state index contributed by atoms with van der Waals surface area (Å²) in [5.41, 5.74) is 1.51. The molecule has 0 aliphatic rings. The molecule has 2 aromatic rings. The third-order valence-corrected chi connectivity index (χ3v) is 3.67. The van der Waals surface area contributed by atoms with Gasteiger partial charge < -0.3 is 28.8 Å². The van der Waals surface area contributed by atoms with Crippen molar-refractivity contribution < 1.29 is 38.4 Å². The first-order valence-corrected chi connectivity index (χ1v) is 8.28. The van der Waals surface area contributed by atoms with Crippen LogP contribution in [0.5, 0.6) is 17.2 Å². The summed E-state index contributed by atoms with van der Waals surface area (Å²) in [6.07, 6.45) is -2.00. The minimum absolute atomic E-state index is 0.0249. The van der Waals surface area contributed by atoms with Crippen molar-refractivity contribution in [3.63, 3.8) is 0 Å². The quantitative estimate of drug-likeness (QED) is 0.742. The number of nitrogens with zero attached hydrogens (tertiary/aromatic N) is 1. The number of carbonyl (C=O) groups excluding carboxylic acids is 2. The molecule has 0 amide bonds. The Balaban J connectivity index is 2.70. The second-order valence-corrected chi connectivity index (χ2v) is 5.50. The van der Waals surface area contributed by atoms with Gasteiger partial charge in [0.1, 0.15) is 12.4 Å². The van der Waals surface area contributed by atoms with Crippen molar-refractivity contribution in [1.29, 1.82) is 0 Å². The first-order valence-electron chi connectivity index (χ1n) is 8.28. The van der Waals surface area contributed by atoms with Crippen molar-refractivity contribution in [2.24, 2.45) is 0 Å². The molecule has 0 aliphatic carbocycles. The van der Waals surface area contributed by atoms with Crippen molar-refractivity contribution in [1.82, 2.24) is 4.98 Å². The van der Waals surface area contributed by atoms with Crippen LogP contribution in [0, 0.1) is 13.8 Å². The first-order chi connectivity index (χ1) is 13.4. The Morgan fingerprint density at radius 3 is 2.18 bits per heavy atom. The smallest absolute Gasteiger partial charge is 0.496 e. The number of hydrogen-bond donors (Lipinski definition) is 1. The number of aliphatic hydroxyl groups excluding tert-OH is 1. The maximum Gasteiger partial charge on any atom is 0.514 e. The molecule has 1 heterocycles. The van der Waals surface area contributed by atoms with Gasteiger partial charge in [-0.1, -0.05) is 18.2 Å². The van der Waals surface area contributed by atoms with Crippen LogP contribution in [0.15, 0.2) is 24.3 Å². The normalized spacial score (nSPS) is 10.2. The molecule has 0 aliphatic heterocycles. The molecule has 150 valence electrons. The lowest BCUT2D eigenvalue weighted by Crippen LogP contribution is -2.16. The van der Waals surface area contributed by atoms with Gasteiger partial charge in [-0.3, -0.25) is 4.98 Å². The van der Waals surface area contributed by atoms with Gasteiger partial charge in [-0.05, 0) is 19.9 Å². The molecule has 0 saturated heterocycles. The van der Waals surface area contributed by atoms with E-state index < -0.39 is 12.3 Å². The van der Waals surface area contributed by atoms with Gasteiger partial charge in [0, 0.05) is 5.56 Å². The first kappa shape index (κ1) is 21.0. The van der Waals surface area contributed by atoms with Crippen LogP contribution < -0.4 is 14.2 Å². The van der Waals surface area contributed by atoms with E-state index in [0.717, 1.165) is 0 Å². The predicted octanol–water partition coefficient (Wildman–Crippen LogP) is 3.03. The number of pyridine rings is 1. The van der Waals surface area contributed by atoms with Crippen molar-refractivity contribution >= 4 is 12.3 Å². The Hall–Kier alpha value is -3.33. The zero-order valence-corrected chi connectivity index (χ0v) is 16.0. The molecular formula is C19H21NO8. The summed E-state index contributed by atoms with van der Waals surface area (Å²) < 4.78 is 25.3. The van der Waals surface area contributed by atoms with Gasteiger partial charge in [-0.25, -0.2) is 9.59 Å². The van der Waals surface area contributed by atoms with E-state index in [0.29, 0.717) is 22.7 Å². The topological polar surface area (TPSA) is 113 Å². The predicted molar refractivity (Wildman–Crippen MR) is 97.8 cm³/mol. The number of benzene rings is 1. The number of aryl methyl sites for hydroxylation is 2. The zero-order chi connectivity index (χ0) is 20.7. The summed E-state index contributed by atoms with van der Waals surface area (Å²) in [5.74, 6) is 0.527. The number of methoxy groups -OCH3 is 2. The van der Waals surface area contributed by atoms with Crippen LogP contribution in [0.3, 0.4) is 0 Å². The van der Waals surface area contributed by atoms with Crippen LogP contribution in [0.25, 0.3) is 11.1 Å². The van der Waals surface area contributed by atoms with Crippen LogP contribution in [-0.2, 0) is 9.47 Å². The fraction of sp³-hybridized carbons (Fsp3) is 0.316. The van der Waals surface area contributed by atoms with E-state index in [1.54, 1.807) is 38.1 Å². The maximum atomic E-state index is 12.0. The lowest BCUT2D eigenvalue weighted by Gasteiger charge is -2.19. The highest BCUT2D eigenvalue weighted by Crippen LogP contribution is 2.45. The molecule has 9 heteroatoms. The number of aliphatic hydroxyl groups is 1. The van der Waals surface area contributed by atoms with Crippen molar-refractivity contribution in [2.45, 2.75) is 13.8 Å². The van der Waals surface area contributed by atoms with Crippen LogP contribution in [0.4, 0.5) is 9.59 Å². The van der Waals surface area contributed by atoms with E-state index in [4.69, 9.17) is 24.1 Å². The van der Waals surface area contributed by atoms with Crippen molar-refractivity contribution in [2.75, 3.05) is 27.4 Å². The molecule has 28 heavy (non-hydrogen) atoms. The second kappa shape index (κ2) is 9.56. The molecule has 0 fully saturated rings. The van der Waals surface area contributed by atoms with E-state index in [9.17, 15) is 9.59 Å². The second-order valence-electron chi connectivity index (χ2n) is 5.50. The molecule has 1 aromatic heterocycles. The summed E-state index contributed by atoms with van der Waals surface area (Å²) >= 11 is 0. The number of aromatic nitrogens is 1. The average molecular weight is 391 g/mol. The molecule has 1 N–H and O–H groups in total. The lowest BCUT2D eigenvalue weighted by atomic mass is 10.0. The largest absolute Gasteiger partial charge is 0.514 e. The molecule has 9 nitrogen and oxygen atoms in total. The van der Waals surface area contributed by atoms with Crippen LogP contribution in [0.2, 0.25) is 0 Å². The highest BCUT2D eigenvalue weighted by molar-refractivity contribution is 5.86. The van der Waals surface area contributed by atoms with Crippen LogP contribution in [-0.4, -0.2) is 49.8 Å². The average Bonchev–Trinajstić information content (AvgIpc) is 2.69. The Labute approximate surface area is 161 Å². The Bertz CT molecular complexity index is 865. The van der Waals surface area contributed by atoms with E-state index in [1.807, 2.05) is 0 Å². The van der Waals surface area contributed by atoms with Crippen LogP contribution >= 0.6 is 0 Å². The molecule has 0 unspecified atom stereocenters. The van der Waals surface area contributed by atoms with Crippen LogP contribution in [0.1, 0.15) is 11.4 Å². The number of rotatable bonds is 6. The fourth-order valence-corrected chi connectivity index (χ4v) is 2.53. The molecule has 0 radical (unpaired) electrons. The van der Waals surface area contributed by atoms with Gasteiger partial charge in [0.05, 0.1) is 37.8 Å². The standard InChI is InChI=1S/C19H21NO8/c1-11-16(27-18(22)25-4)15(13-7-5-6-8-14(13)24-3)17(12(2)20-11)28-19(23)26-10-9-21/h5-8,21H,9-10H2,1-4H3. The highest BCUT2D eigenvalue weighted by Gasteiger charge is 2.26. The molecular weight excluding hydrogens is 370 g/mol. The summed E-state index contributed by atoms with van der Waals surface area (Å²) in [6.45, 7) is 2.68. The fourth-order valence-electron chi connectivity index (χ4n) is 2.53. The summed E-state index contributed by atoms with van der Waals surface area (Å²) in [6, 6.07) is 6.93. The summed E-state index contributed by atoms with van der Waals surface area (Å²) in [7, 11) is 2.66. The van der Waals surface area contributed by atoms with Gasteiger partial charge in [0.25, 0.3) is 0 Å². The van der Waals surface area contributed by atoms with Crippen molar-refractivity contribution in [3.8, 4) is 28.4 Å². The zero-order valence-electron chi connectivity index (χ0n) is 16.0. The third kappa shape index (κ3) is 4.68. The minimum atomic E-state index is -1.04. The Kier molecular flexibility index (Phi) is 7.16. The monoisotopic (exact) mass is 391 g/mol. The number of para-hydroxylation sites is 1. The van der Waals surface area contributed by atoms with E-state index in [2.05, 4.69) is 9.72 Å². The van der Waals surface area contributed by atoms with Gasteiger partial charge in [-0.15, -0.1) is 0 Å². The third-order valence-electron chi connectivity index (χ3n) is 3.67. The summed E-state index contributed by atoms with van der Waals surface area (Å²) in [5, 5.41) is 8.81. The molecule has 0 bridgehead atoms. The molecule has 1 aromatic carbocycles. The lowest BCUT2D eigenvalue weighted by molar-refractivity contribution is 0.0805.